The Hall–Kier alpha value is -5.87. The van der Waals surface area contributed by atoms with Crippen LogP contribution in [-0.4, -0.2) is 47.6 Å². The number of rotatable bonds is 13. The summed E-state index contributed by atoms with van der Waals surface area (Å²) in [6, 6.07) is 36.1. The number of aromatic nitrogens is 1. The normalized spacial score (nSPS) is 16.7. The van der Waals surface area contributed by atoms with Gasteiger partial charge in [0.1, 0.15) is 25.0 Å². The number of pyridine rings is 1. The number of nitrogens with one attached hydrogen (secondary N) is 1. The van der Waals surface area contributed by atoms with E-state index in [0.717, 1.165) is 62.2 Å². The van der Waals surface area contributed by atoms with E-state index < -0.39 is 18.1 Å². The van der Waals surface area contributed by atoms with E-state index in [0.29, 0.717) is 53.5 Å². The van der Waals surface area contributed by atoms with Crippen molar-refractivity contribution >= 4 is 35.1 Å². The lowest BCUT2D eigenvalue weighted by Gasteiger charge is -2.42. The summed E-state index contributed by atoms with van der Waals surface area (Å²) in [6.07, 6.45) is 2.95. The number of carbonyl (C=O) groups is 2. The van der Waals surface area contributed by atoms with E-state index in [1.54, 1.807) is 12.1 Å². The number of hydrogen-bond donors (Lipinski definition) is 1. The number of aryl methyl sites for hydroxylation is 1. The number of methoxy groups -OCH3 is 1. The fourth-order valence-electron chi connectivity index (χ4n) is 8.43. The molecule has 0 aliphatic carbocycles. The van der Waals surface area contributed by atoms with Crippen LogP contribution < -0.4 is 19.5 Å². The molecule has 318 valence electrons. The number of benzene rings is 5. The van der Waals surface area contributed by atoms with Crippen LogP contribution in [0.15, 0.2) is 121 Å². The van der Waals surface area contributed by atoms with Crippen LogP contribution in [0.5, 0.6) is 17.2 Å². The first-order chi connectivity index (χ1) is 30.1. The zero-order chi connectivity index (χ0) is 43.3. The van der Waals surface area contributed by atoms with Crippen molar-refractivity contribution in [2.24, 2.45) is 0 Å². The molecule has 6 aromatic rings. The van der Waals surface area contributed by atoms with Crippen molar-refractivity contribution in [3.63, 3.8) is 0 Å². The summed E-state index contributed by atoms with van der Waals surface area (Å²) in [6.45, 7) is 7.36. The zero-order valence-electron chi connectivity index (χ0n) is 35.2. The van der Waals surface area contributed by atoms with Gasteiger partial charge >= 0.3 is 5.97 Å². The van der Waals surface area contributed by atoms with Crippen molar-refractivity contribution in [1.82, 2.24) is 15.2 Å². The quantitative estimate of drug-likeness (QED) is 0.115. The molecule has 62 heavy (non-hydrogen) atoms. The molecule has 2 aliphatic rings. The van der Waals surface area contributed by atoms with Crippen molar-refractivity contribution < 1.29 is 28.5 Å². The Bertz CT molecular complexity index is 2550. The molecule has 5 aromatic carbocycles. The minimum atomic E-state index is -0.885. The molecule has 4 atom stereocenters. The summed E-state index contributed by atoms with van der Waals surface area (Å²) >= 11 is 12.2. The Morgan fingerprint density at radius 1 is 0.871 bits per heavy atom. The third kappa shape index (κ3) is 9.45. The van der Waals surface area contributed by atoms with Gasteiger partial charge in [-0.15, -0.1) is 0 Å². The van der Waals surface area contributed by atoms with Gasteiger partial charge in [-0.25, -0.2) is 4.79 Å². The number of hydrogen-bond acceptors (Lipinski definition) is 8. The van der Waals surface area contributed by atoms with Gasteiger partial charge in [0.25, 0.3) is 0 Å². The molecular formula is C51H49Cl2N3O6. The van der Waals surface area contributed by atoms with Crippen molar-refractivity contribution in [1.29, 1.82) is 0 Å². The van der Waals surface area contributed by atoms with Gasteiger partial charge in [0, 0.05) is 30.9 Å². The molecule has 0 spiro atoms. The van der Waals surface area contributed by atoms with E-state index in [1.807, 2.05) is 98.0 Å². The highest BCUT2D eigenvalue weighted by atomic mass is 35.5. The number of fused-ring (bicyclic) bond motifs is 2. The summed E-state index contributed by atoms with van der Waals surface area (Å²) in [4.78, 5) is 34.6. The van der Waals surface area contributed by atoms with Gasteiger partial charge in [-0.05, 0) is 119 Å². The molecule has 9 nitrogen and oxygen atoms in total. The molecule has 11 heteroatoms. The number of carbonyl (C=O) groups excluding carboxylic acids is 2. The van der Waals surface area contributed by atoms with E-state index >= 15 is 0 Å². The predicted molar refractivity (Wildman–Crippen MR) is 242 cm³/mol. The van der Waals surface area contributed by atoms with Crippen molar-refractivity contribution in [2.75, 3.05) is 13.7 Å². The first-order valence-electron chi connectivity index (χ1n) is 20.9. The summed E-state index contributed by atoms with van der Waals surface area (Å²) in [5.41, 5.74) is 10.2. The number of nitrogens with zero attached hydrogens (tertiary/aromatic N) is 2. The molecule has 0 radical (unpaired) electrons. The molecule has 0 fully saturated rings. The molecule has 2 aliphatic heterocycles. The number of esters is 1. The van der Waals surface area contributed by atoms with E-state index in [4.69, 9.17) is 42.1 Å². The Kier molecular flexibility index (Phi) is 13.1. The maximum Gasteiger partial charge on any atom is 0.328 e. The maximum atomic E-state index is 14.6. The van der Waals surface area contributed by atoms with Crippen LogP contribution in [0, 0.1) is 13.8 Å². The van der Waals surface area contributed by atoms with Crippen LogP contribution in [0.2, 0.25) is 10.0 Å². The highest BCUT2D eigenvalue weighted by Crippen LogP contribution is 2.43. The smallest absolute Gasteiger partial charge is 0.328 e. The predicted octanol–water partition coefficient (Wildman–Crippen LogP) is 10.5. The van der Waals surface area contributed by atoms with Crippen LogP contribution in [0.4, 0.5) is 0 Å². The van der Waals surface area contributed by atoms with Crippen LogP contribution in [-0.2, 0) is 40.3 Å². The SMILES string of the molecule is CCC(c1ccccc1)N1Cc2cc3c(cc2C[C@H]1C(=O)N[C@@H](Cc1ccc(-c2ccnc(C)c2C)cc1)C(=O)OC)OC[C@H](c1ccc(OCc2ccc(Cl)c(Cl)c2)cc1)O3. The third-order valence-electron chi connectivity index (χ3n) is 12.0. The average molecular weight is 871 g/mol. The second-order valence-corrected chi connectivity index (χ2v) is 16.7. The van der Waals surface area contributed by atoms with Gasteiger partial charge in [0.05, 0.1) is 23.2 Å². The second-order valence-electron chi connectivity index (χ2n) is 15.9. The summed E-state index contributed by atoms with van der Waals surface area (Å²) < 4.78 is 24.2. The molecule has 0 saturated carbocycles. The second kappa shape index (κ2) is 19.0. The van der Waals surface area contributed by atoms with Gasteiger partial charge in [0.2, 0.25) is 5.91 Å². The molecule has 1 amide bonds. The maximum absolute atomic E-state index is 14.6. The Morgan fingerprint density at radius 3 is 2.34 bits per heavy atom. The first-order valence-corrected chi connectivity index (χ1v) is 21.7. The fourth-order valence-corrected chi connectivity index (χ4v) is 8.75. The molecular weight excluding hydrogens is 821 g/mol. The van der Waals surface area contributed by atoms with Gasteiger partial charge in [0.15, 0.2) is 17.6 Å². The lowest BCUT2D eigenvalue weighted by atomic mass is 9.89. The van der Waals surface area contributed by atoms with Gasteiger partial charge in [-0.3, -0.25) is 14.7 Å². The fraction of sp³-hybridized carbons (Fsp3) is 0.275. The van der Waals surface area contributed by atoms with Crippen LogP contribution in [0.3, 0.4) is 0 Å². The lowest BCUT2D eigenvalue weighted by molar-refractivity contribution is -0.146. The number of amides is 1. The molecule has 0 saturated heterocycles. The highest BCUT2D eigenvalue weighted by molar-refractivity contribution is 6.42. The van der Waals surface area contributed by atoms with Crippen LogP contribution in [0.25, 0.3) is 11.1 Å². The van der Waals surface area contributed by atoms with E-state index in [1.165, 1.54) is 7.11 Å². The number of ether oxygens (including phenoxy) is 4. The van der Waals surface area contributed by atoms with E-state index in [9.17, 15) is 9.59 Å². The van der Waals surface area contributed by atoms with Crippen LogP contribution in [0.1, 0.15) is 70.1 Å². The van der Waals surface area contributed by atoms with Gasteiger partial charge < -0.3 is 24.3 Å². The largest absolute Gasteiger partial charge is 0.489 e. The minimum absolute atomic E-state index is 0.0668. The van der Waals surface area contributed by atoms with Crippen molar-refractivity contribution in [3.05, 3.63) is 176 Å². The van der Waals surface area contributed by atoms with Crippen molar-refractivity contribution in [3.8, 4) is 28.4 Å². The molecule has 1 N–H and O–H groups in total. The summed E-state index contributed by atoms with van der Waals surface area (Å²) in [5, 5.41) is 4.11. The van der Waals surface area contributed by atoms with E-state index in [2.05, 4.69) is 47.2 Å². The highest BCUT2D eigenvalue weighted by Gasteiger charge is 2.39. The Morgan fingerprint density at radius 2 is 1.61 bits per heavy atom. The topological polar surface area (TPSA) is 99.2 Å². The molecule has 1 aromatic heterocycles. The minimum Gasteiger partial charge on any atom is -0.489 e. The molecule has 8 rings (SSSR count). The zero-order valence-corrected chi connectivity index (χ0v) is 36.7. The van der Waals surface area contributed by atoms with Gasteiger partial charge in [-0.1, -0.05) is 103 Å². The summed E-state index contributed by atoms with van der Waals surface area (Å²) in [7, 11) is 1.35. The summed E-state index contributed by atoms with van der Waals surface area (Å²) in [5.74, 6) is 1.27. The molecule has 0 bridgehead atoms. The van der Waals surface area contributed by atoms with Crippen molar-refractivity contribution in [2.45, 2.75) is 77.4 Å². The van der Waals surface area contributed by atoms with Gasteiger partial charge in [-0.2, -0.15) is 0 Å². The van der Waals surface area contributed by atoms with E-state index in [-0.39, 0.29) is 24.5 Å². The lowest BCUT2D eigenvalue weighted by Crippen LogP contribution is -2.55. The monoisotopic (exact) mass is 869 g/mol. The molecule has 1 unspecified atom stereocenters. The van der Waals surface area contributed by atoms with Crippen LogP contribution >= 0.6 is 23.2 Å². The number of halogens is 2. The molecule has 3 heterocycles. The Balaban J connectivity index is 1.00. The Labute approximate surface area is 372 Å². The third-order valence-corrected chi connectivity index (χ3v) is 12.7. The average Bonchev–Trinajstić information content (AvgIpc) is 3.29. The first kappa shape index (κ1) is 42.8. The standard InChI is InChI=1S/C51H49Cl2N3O6/c1-5-45(36-9-7-6-8-10-36)56-28-39-27-48-47(61-30-49(62-48)37-16-18-40(19-17-37)60-29-34-13-20-42(52)43(53)23-34)26-38(39)25-46(56)50(57)55-44(51(58)59-4)24-33-11-14-35(15-12-33)41-21-22-54-32(3)31(41)2/h6-23,26-27,44-46,49H,5,24-25,28-30H2,1-4H3,(H,55,57)/t44-,45?,46-,49+/m0/s1.